The van der Waals surface area contributed by atoms with Crippen LogP contribution < -0.4 is 5.73 Å². The summed E-state index contributed by atoms with van der Waals surface area (Å²) in [5, 5.41) is 9.39. The standard InChI is InChI=1S/C12H26N2O/c1-8(2)12(13)11(7-15)14(4)6-10-5-9(10)3/h8-12,15H,5-7,13H2,1-4H3. The molecule has 0 bridgehead atoms. The van der Waals surface area contributed by atoms with Gasteiger partial charge in [-0.2, -0.15) is 0 Å². The van der Waals surface area contributed by atoms with E-state index in [1.165, 1.54) is 6.42 Å². The van der Waals surface area contributed by atoms with E-state index in [1.54, 1.807) is 0 Å². The van der Waals surface area contributed by atoms with Crippen LogP contribution >= 0.6 is 0 Å². The summed E-state index contributed by atoms with van der Waals surface area (Å²) in [6, 6.07) is 0.173. The Morgan fingerprint density at radius 3 is 2.33 bits per heavy atom. The predicted molar refractivity (Wildman–Crippen MR) is 63.6 cm³/mol. The Labute approximate surface area is 93.6 Å². The third-order valence-corrected chi connectivity index (χ3v) is 3.77. The van der Waals surface area contributed by atoms with Crippen molar-refractivity contribution in [1.82, 2.24) is 4.90 Å². The van der Waals surface area contributed by atoms with Gasteiger partial charge in [0.05, 0.1) is 6.61 Å². The maximum absolute atomic E-state index is 9.39. The Hall–Kier alpha value is -0.120. The first-order chi connectivity index (χ1) is 6.97. The van der Waals surface area contributed by atoms with Crippen LogP contribution in [0.1, 0.15) is 27.2 Å². The van der Waals surface area contributed by atoms with E-state index in [4.69, 9.17) is 5.73 Å². The van der Waals surface area contributed by atoms with Crippen LogP contribution in [0, 0.1) is 17.8 Å². The minimum Gasteiger partial charge on any atom is -0.395 e. The third kappa shape index (κ3) is 3.44. The van der Waals surface area contributed by atoms with Gasteiger partial charge in [0.25, 0.3) is 0 Å². The molecule has 4 unspecified atom stereocenters. The molecule has 15 heavy (non-hydrogen) atoms. The molecule has 4 atom stereocenters. The van der Waals surface area contributed by atoms with Crippen LogP contribution in [0.3, 0.4) is 0 Å². The van der Waals surface area contributed by atoms with Crippen molar-refractivity contribution in [3.8, 4) is 0 Å². The lowest BCUT2D eigenvalue weighted by atomic mass is 9.97. The second-order valence-electron chi connectivity index (χ2n) is 5.48. The fourth-order valence-corrected chi connectivity index (χ4v) is 2.16. The molecule has 1 fully saturated rings. The van der Waals surface area contributed by atoms with E-state index in [1.807, 2.05) is 0 Å². The predicted octanol–water partition coefficient (Wildman–Crippen LogP) is 0.918. The summed E-state index contributed by atoms with van der Waals surface area (Å²) in [7, 11) is 2.08. The minimum atomic E-state index is 0.0639. The number of nitrogens with zero attached hydrogens (tertiary/aromatic N) is 1. The molecule has 0 spiro atoms. The van der Waals surface area contributed by atoms with Gasteiger partial charge in [-0.15, -0.1) is 0 Å². The van der Waals surface area contributed by atoms with Crippen molar-refractivity contribution in [3.05, 3.63) is 0 Å². The van der Waals surface area contributed by atoms with E-state index >= 15 is 0 Å². The monoisotopic (exact) mass is 214 g/mol. The molecule has 0 aromatic carbocycles. The lowest BCUT2D eigenvalue weighted by Gasteiger charge is -2.33. The minimum absolute atomic E-state index is 0.0639. The Morgan fingerprint density at radius 1 is 1.47 bits per heavy atom. The average molecular weight is 214 g/mol. The van der Waals surface area contributed by atoms with Crippen molar-refractivity contribution in [2.75, 3.05) is 20.2 Å². The zero-order valence-corrected chi connectivity index (χ0v) is 10.5. The van der Waals surface area contributed by atoms with Gasteiger partial charge >= 0.3 is 0 Å². The quantitative estimate of drug-likeness (QED) is 0.691. The van der Waals surface area contributed by atoms with Crippen molar-refractivity contribution in [2.24, 2.45) is 23.5 Å². The Balaban J connectivity index is 2.42. The normalized spacial score (nSPS) is 29.6. The number of rotatable bonds is 6. The van der Waals surface area contributed by atoms with Crippen LogP contribution in [0.5, 0.6) is 0 Å². The van der Waals surface area contributed by atoms with Gasteiger partial charge in [0.1, 0.15) is 0 Å². The molecule has 3 nitrogen and oxygen atoms in total. The number of hydrogen-bond acceptors (Lipinski definition) is 3. The largest absolute Gasteiger partial charge is 0.395 e. The molecule has 0 saturated heterocycles. The van der Waals surface area contributed by atoms with E-state index in [0.717, 1.165) is 18.4 Å². The summed E-state index contributed by atoms with van der Waals surface area (Å²) in [6.45, 7) is 7.75. The number of hydrogen-bond donors (Lipinski definition) is 2. The highest BCUT2D eigenvalue weighted by atomic mass is 16.3. The van der Waals surface area contributed by atoms with Gasteiger partial charge in [-0.1, -0.05) is 20.8 Å². The second kappa shape index (κ2) is 5.28. The first-order valence-electron chi connectivity index (χ1n) is 6.04. The number of aliphatic hydroxyl groups is 1. The van der Waals surface area contributed by atoms with Crippen molar-refractivity contribution < 1.29 is 5.11 Å². The van der Waals surface area contributed by atoms with Gasteiger partial charge in [0.2, 0.25) is 0 Å². The van der Waals surface area contributed by atoms with E-state index in [2.05, 4.69) is 32.7 Å². The van der Waals surface area contributed by atoms with Crippen LogP contribution in [0.15, 0.2) is 0 Å². The van der Waals surface area contributed by atoms with E-state index in [9.17, 15) is 5.11 Å². The van der Waals surface area contributed by atoms with E-state index < -0.39 is 0 Å². The third-order valence-electron chi connectivity index (χ3n) is 3.77. The topological polar surface area (TPSA) is 49.5 Å². The molecule has 3 N–H and O–H groups in total. The molecule has 1 aliphatic carbocycles. The van der Waals surface area contributed by atoms with Crippen LogP contribution in [0.25, 0.3) is 0 Å². The molecule has 1 saturated carbocycles. The molecular weight excluding hydrogens is 188 g/mol. The van der Waals surface area contributed by atoms with Crippen LogP contribution in [0.4, 0.5) is 0 Å². The Morgan fingerprint density at radius 2 is 2.00 bits per heavy atom. The lowest BCUT2D eigenvalue weighted by molar-refractivity contribution is 0.108. The molecule has 0 aromatic heterocycles. The molecule has 3 heteroatoms. The summed E-state index contributed by atoms with van der Waals surface area (Å²) >= 11 is 0. The van der Waals surface area contributed by atoms with Gasteiger partial charge in [-0.05, 0) is 31.2 Å². The maximum Gasteiger partial charge on any atom is 0.0601 e. The van der Waals surface area contributed by atoms with Crippen LogP contribution in [-0.2, 0) is 0 Å². The molecule has 1 aliphatic rings. The average Bonchev–Trinajstić information content (AvgIpc) is 2.82. The molecular formula is C12H26N2O. The summed E-state index contributed by atoms with van der Waals surface area (Å²) in [5.41, 5.74) is 6.10. The fourth-order valence-electron chi connectivity index (χ4n) is 2.16. The zero-order valence-electron chi connectivity index (χ0n) is 10.5. The summed E-state index contributed by atoms with van der Waals surface area (Å²) in [5.74, 6) is 2.10. The molecule has 90 valence electrons. The SMILES string of the molecule is CC(C)C(N)C(CO)N(C)CC1CC1C. The molecule has 0 amide bonds. The number of aliphatic hydroxyl groups excluding tert-OH is 1. The smallest absolute Gasteiger partial charge is 0.0601 e. The highest BCUT2D eigenvalue weighted by Crippen LogP contribution is 2.38. The molecule has 0 heterocycles. The Bertz CT molecular complexity index is 196. The van der Waals surface area contributed by atoms with Crippen LogP contribution in [0.2, 0.25) is 0 Å². The van der Waals surface area contributed by atoms with Gasteiger partial charge in [0, 0.05) is 18.6 Å². The summed E-state index contributed by atoms with van der Waals surface area (Å²) in [6.07, 6.45) is 1.33. The van der Waals surface area contributed by atoms with Gasteiger partial charge in [-0.25, -0.2) is 0 Å². The maximum atomic E-state index is 9.39. The van der Waals surface area contributed by atoms with Crippen molar-refractivity contribution in [2.45, 2.75) is 39.3 Å². The lowest BCUT2D eigenvalue weighted by Crippen LogP contribution is -2.51. The van der Waals surface area contributed by atoms with Crippen molar-refractivity contribution in [1.29, 1.82) is 0 Å². The molecule has 1 rings (SSSR count). The first-order valence-corrected chi connectivity index (χ1v) is 6.04. The van der Waals surface area contributed by atoms with Crippen LogP contribution in [-0.4, -0.2) is 42.3 Å². The van der Waals surface area contributed by atoms with Gasteiger partial charge in [0.15, 0.2) is 0 Å². The molecule has 0 aliphatic heterocycles. The molecule has 0 radical (unpaired) electrons. The fraction of sp³-hybridized carbons (Fsp3) is 1.00. The number of likely N-dealkylation sites (N-methyl/N-ethyl adjacent to an activating group) is 1. The second-order valence-corrected chi connectivity index (χ2v) is 5.48. The summed E-state index contributed by atoms with van der Waals surface area (Å²) < 4.78 is 0. The Kier molecular flexibility index (Phi) is 4.56. The summed E-state index contributed by atoms with van der Waals surface area (Å²) in [4.78, 5) is 2.23. The molecule has 0 aromatic rings. The highest BCUT2D eigenvalue weighted by Gasteiger charge is 2.35. The van der Waals surface area contributed by atoms with Crippen molar-refractivity contribution >= 4 is 0 Å². The first kappa shape index (κ1) is 12.9. The van der Waals surface area contributed by atoms with Gasteiger partial charge in [-0.3, -0.25) is 4.90 Å². The van der Waals surface area contributed by atoms with Crippen molar-refractivity contribution in [3.63, 3.8) is 0 Å². The number of nitrogens with two attached hydrogens (primary N) is 1. The zero-order chi connectivity index (χ0) is 11.6. The van der Waals surface area contributed by atoms with E-state index in [0.29, 0.717) is 5.92 Å². The van der Waals surface area contributed by atoms with Gasteiger partial charge < -0.3 is 10.8 Å². The highest BCUT2D eigenvalue weighted by molar-refractivity contribution is 4.89. The van der Waals surface area contributed by atoms with E-state index in [-0.39, 0.29) is 18.7 Å².